The highest BCUT2D eigenvalue weighted by Crippen LogP contribution is 2.29. The molecule has 22 heavy (non-hydrogen) atoms. The molecule has 2 aromatic rings. The molecule has 1 aliphatic heterocycles. The molecule has 3 rings (SSSR count). The van der Waals surface area contributed by atoms with Gasteiger partial charge >= 0.3 is 0 Å². The first-order chi connectivity index (χ1) is 10.4. The maximum Gasteiger partial charge on any atom is 0.272 e. The molecule has 1 amide bonds. The van der Waals surface area contributed by atoms with Crippen LogP contribution in [0.1, 0.15) is 18.1 Å². The van der Waals surface area contributed by atoms with Crippen molar-refractivity contribution >= 4 is 11.6 Å². The van der Waals surface area contributed by atoms with Crippen molar-refractivity contribution in [1.82, 2.24) is 5.32 Å². The van der Waals surface area contributed by atoms with E-state index in [1.54, 1.807) is 6.07 Å². The van der Waals surface area contributed by atoms with Crippen LogP contribution in [-0.2, 0) is 10.5 Å². The van der Waals surface area contributed by atoms with E-state index < -0.39 is 29.0 Å². The number of carbonyl (C=O) groups is 1. The maximum absolute atomic E-state index is 13.8. The minimum absolute atomic E-state index is 0.0422. The molecule has 0 aromatic heterocycles. The quantitative estimate of drug-likeness (QED) is 0.910. The van der Waals surface area contributed by atoms with Gasteiger partial charge in [-0.1, -0.05) is 12.1 Å². The third-order valence-electron chi connectivity index (χ3n) is 3.46. The molecule has 0 aliphatic carbocycles. The number of halogens is 3. The summed E-state index contributed by atoms with van der Waals surface area (Å²) in [4.78, 5) is 16.3. The van der Waals surface area contributed by atoms with Crippen molar-refractivity contribution in [3.8, 4) is 0 Å². The highest BCUT2D eigenvalue weighted by atomic mass is 19.1. The zero-order valence-electron chi connectivity index (χ0n) is 11.5. The molecule has 0 bridgehead atoms. The van der Waals surface area contributed by atoms with Crippen molar-refractivity contribution < 1.29 is 18.0 Å². The van der Waals surface area contributed by atoms with Crippen LogP contribution in [-0.4, -0.2) is 11.6 Å². The highest BCUT2D eigenvalue weighted by molar-refractivity contribution is 6.46. The minimum atomic E-state index is -1.35. The molecular weight excluding hydrogens is 293 g/mol. The lowest BCUT2D eigenvalue weighted by molar-refractivity contribution is -0.115. The number of amides is 1. The van der Waals surface area contributed by atoms with Gasteiger partial charge in [-0.15, -0.1) is 0 Å². The molecule has 0 radical (unpaired) electrons. The average molecular weight is 304 g/mol. The monoisotopic (exact) mass is 304 g/mol. The van der Waals surface area contributed by atoms with Crippen LogP contribution in [0.3, 0.4) is 0 Å². The molecule has 0 fully saturated rings. The van der Waals surface area contributed by atoms with Crippen LogP contribution in [0.4, 0.5) is 13.2 Å². The molecule has 1 unspecified atom stereocenters. The summed E-state index contributed by atoms with van der Waals surface area (Å²) < 4.78 is 40.6. The summed E-state index contributed by atoms with van der Waals surface area (Å²) in [5.74, 6) is -2.75. The maximum atomic E-state index is 13.8. The van der Waals surface area contributed by atoms with Crippen molar-refractivity contribution in [2.24, 2.45) is 4.99 Å². The number of benzene rings is 2. The third kappa shape index (κ3) is 2.36. The Kier molecular flexibility index (Phi) is 3.24. The second-order valence-electron chi connectivity index (χ2n) is 5.12. The summed E-state index contributed by atoms with van der Waals surface area (Å²) in [7, 11) is 0. The molecule has 112 valence electrons. The Morgan fingerprint density at radius 1 is 1.05 bits per heavy atom. The number of rotatable bonds is 2. The number of hydrogen-bond donors (Lipinski definition) is 1. The lowest BCUT2D eigenvalue weighted by Gasteiger charge is -2.21. The van der Waals surface area contributed by atoms with Crippen molar-refractivity contribution in [2.75, 3.05) is 0 Å². The van der Waals surface area contributed by atoms with Gasteiger partial charge in [0, 0.05) is 17.2 Å². The molecule has 3 nitrogen and oxygen atoms in total. The van der Waals surface area contributed by atoms with Gasteiger partial charge in [0.25, 0.3) is 5.91 Å². The molecule has 0 spiro atoms. The van der Waals surface area contributed by atoms with Crippen molar-refractivity contribution in [1.29, 1.82) is 0 Å². The SMILES string of the molecule is CC1(c2cc(F)cc(F)c2)N=C(c2ccccc2F)C(=O)N1. The Morgan fingerprint density at radius 3 is 2.32 bits per heavy atom. The Bertz CT molecular complexity index is 783. The van der Waals surface area contributed by atoms with E-state index in [1.807, 2.05) is 0 Å². The van der Waals surface area contributed by atoms with Gasteiger partial charge in [0.05, 0.1) is 0 Å². The second-order valence-corrected chi connectivity index (χ2v) is 5.12. The van der Waals surface area contributed by atoms with Crippen LogP contribution in [0, 0.1) is 17.5 Å². The molecule has 6 heteroatoms. The van der Waals surface area contributed by atoms with Crippen LogP contribution in [0.5, 0.6) is 0 Å². The molecule has 0 saturated carbocycles. The standard InChI is InChI=1S/C16H11F3N2O/c1-16(9-6-10(17)8-11(18)7-9)20-14(15(22)21-16)12-4-2-3-5-13(12)19/h2-8H,1H3,(H,21,22). The molecule has 1 atom stereocenters. The van der Waals surface area contributed by atoms with E-state index in [1.165, 1.54) is 25.1 Å². The van der Waals surface area contributed by atoms with Gasteiger partial charge < -0.3 is 5.32 Å². The minimum Gasteiger partial charge on any atom is -0.323 e. The van der Waals surface area contributed by atoms with Gasteiger partial charge in [-0.3, -0.25) is 4.79 Å². The summed E-state index contributed by atoms with van der Waals surface area (Å²) >= 11 is 0. The fourth-order valence-corrected chi connectivity index (χ4v) is 2.39. The van der Waals surface area contributed by atoms with Crippen LogP contribution >= 0.6 is 0 Å². The van der Waals surface area contributed by atoms with Crippen molar-refractivity contribution in [3.05, 3.63) is 71.0 Å². The second kappa shape index (κ2) is 4.98. The first-order valence-corrected chi connectivity index (χ1v) is 6.53. The molecule has 1 heterocycles. The first-order valence-electron chi connectivity index (χ1n) is 6.53. The topological polar surface area (TPSA) is 41.5 Å². The van der Waals surface area contributed by atoms with E-state index in [4.69, 9.17) is 0 Å². The lowest BCUT2D eigenvalue weighted by atomic mass is 10.0. The zero-order valence-corrected chi connectivity index (χ0v) is 11.5. The predicted molar refractivity (Wildman–Crippen MR) is 74.8 cm³/mol. The van der Waals surface area contributed by atoms with Crippen LogP contribution in [0.2, 0.25) is 0 Å². The number of nitrogens with one attached hydrogen (secondary N) is 1. The molecule has 2 aromatic carbocycles. The Hall–Kier alpha value is -2.63. The summed E-state index contributed by atoms with van der Waals surface area (Å²) in [5, 5.41) is 2.53. The van der Waals surface area contributed by atoms with Crippen LogP contribution < -0.4 is 5.32 Å². The number of hydrogen-bond acceptors (Lipinski definition) is 2. The smallest absolute Gasteiger partial charge is 0.272 e. The van der Waals surface area contributed by atoms with Crippen LogP contribution in [0.15, 0.2) is 47.5 Å². The van der Waals surface area contributed by atoms with Gasteiger partial charge in [-0.2, -0.15) is 0 Å². The van der Waals surface area contributed by atoms with Gasteiger partial charge in [-0.25, -0.2) is 18.2 Å². The van der Waals surface area contributed by atoms with Gasteiger partial charge in [0.15, 0.2) is 5.66 Å². The Balaban J connectivity index is 2.10. The lowest BCUT2D eigenvalue weighted by Crippen LogP contribution is -2.37. The highest BCUT2D eigenvalue weighted by Gasteiger charge is 2.38. The molecular formula is C16H11F3N2O. The zero-order chi connectivity index (χ0) is 15.9. The number of carbonyl (C=O) groups excluding carboxylic acids is 1. The third-order valence-corrected chi connectivity index (χ3v) is 3.46. The van der Waals surface area contributed by atoms with E-state index in [9.17, 15) is 18.0 Å². The summed E-state index contributed by atoms with van der Waals surface area (Å²) in [6.07, 6.45) is 0. The van der Waals surface area contributed by atoms with Crippen molar-refractivity contribution in [2.45, 2.75) is 12.6 Å². The van der Waals surface area contributed by atoms with E-state index >= 15 is 0 Å². The average Bonchev–Trinajstić information content (AvgIpc) is 2.75. The normalized spacial score (nSPS) is 20.7. The van der Waals surface area contributed by atoms with Gasteiger partial charge in [0.1, 0.15) is 23.2 Å². The van der Waals surface area contributed by atoms with E-state index in [0.717, 1.165) is 18.2 Å². The molecule has 1 aliphatic rings. The molecule has 1 N–H and O–H groups in total. The predicted octanol–water partition coefficient (Wildman–Crippen LogP) is 2.90. The fourth-order valence-electron chi connectivity index (χ4n) is 2.39. The van der Waals surface area contributed by atoms with Gasteiger partial charge in [-0.05, 0) is 31.2 Å². The Labute approximate surface area is 124 Å². The summed E-state index contributed by atoms with van der Waals surface area (Å²) in [5.41, 5.74) is -1.27. The summed E-state index contributed by atoms with van der Waals surface area (Å²) in [6.45, 7) is 1.49. The van der Waals surface area contributed by atoms with E-state index in [0.29, 0.717) is 0 Å². The van der Waals surface area contributed by atoms with Crippen LogP contribution in [0.25, 0.3) is 0 Å². The largest absolute Gasteiger partial charge is 0.323 e. The fraction of sp³-hybridized carbons (Fsp3) is 0.125. The molecule has 0 saturated heterocycles. The van der Waals surface area contributed by atoms with E-state index in [-0.39, 0.29) is 16.8 Å². The first kappa shape index (κ1) is 14.3. The van der Waals surface area contributed by atoms with Crippen molar-refractivity contribution in [3.63, 3.8) is 0 Å². The summed E-state index contributed by atoms with van der Waals surface area (Å²) in [6, 6.07) is 8.59. The number of aliphatic imine (C=N–C) groups is 1. The van der Waals surface area contributed by atoms with E-state index in [2.05, 4.69) is 10.3 Å². The number of nitrogens with zero attached hydrogens (tertiary/aromatic N) is 1. The Morgan fingerprint density at radius 2 is 1.68 bits per heavy atom. The van der Waals surface area contributed by atoms with Gasteiger partial charge in [0.2, 0.25) is 0 Å².